The molecule has 0 amide bonds. The molecular weight excluding hydrogens is 296 g/mol. The van der Waals surface area contributed by atoms with Gasteiger partial charge < -0.3 is 4.43 Å². The molecule has 2 heteroatoms. The topological polar surface area (TPSA) is 9.23 Å². The van der Waals surface area contributed by atoms with Crippen molar-refractivity contribution in [1.82, 2.24) is 0 Å². The summed E-state index contributed by atoms with van der Waals surface area (Å²) in [5.74, 6) is 0. The van der Waals surface area contributed by atoms with Crippen molar-refractivity contribution in [3.63, 3.8) is 0 Å². The van der Waals surface area contributed by atoms with E-state index in [-0.39, 0.29) is 11.1 Å². The summed E-state index contributed by atoms with van der Waals surface area (Å²) in [4.78, 5) is 0. The molecule has 0 fully saturated rings. The summed E-state index contributed by atoms with van der Waals surface area (Å²) in [6.07, 6.45) is 4.34. The van der Waals surface area contributed by atoms with Crippen LogP contribution in [0.4, 0.5) is 0 Å². The molecule has 0 aliphatic rings. The van der Waals surface area contributed by atoms with Crippen LogP contribution in [0.15, 0.2) is 66.7 Å². The molecule has 1 nitrogen and oxygen atoms in total. The summed E-state index contributed by atoms with van der Waals surface area (Å²) in [5, 5.41) is 0.195. The molecule has 1 atom stereocenters. The minimum absolute atomic E-state index is 0.00250. The van der Waals surface area contributed by atoms with Crippen LogP contribution in [0.3, 0.4) is 0 Å². The average Bonchev–Trinajstić information content (AvgIpc) is 2.52. The van der Waals surface area contributed by atoms with Crippen molar-refractivity contribution in [2.45, 2.75) is 45.0 Å². The Kier molecular flexibility index (Phi) is 5.61. The van der Waals surface area contributed by atoms with Gasteiger partial charge in [-0.2, -0.15) is 0 Å². The molecule has 2 aromatic carbocycles. The Morgan fingerprint density at radius 3 is 1.91 bits per heavy atom. The fraction of sp³-hybridized carbons (Fsp3) is 0.333. The number of hydrogen-bond acceptors (Lipinski definition) is 1. The lowest BCUT2D eigenvalue weighted by atomic mass is 10.1. The van der Waals surface area contributed by atoms with E-state index in [0.29, 0.717) is 0 Å². The van der Waals surface area contributed by atoms with Gasteiger partial charge in [-0.15, -0.1) is 0 Å². The van der Waals surface area contributed by atoms with E-state index in [4.69, 9.17) is 4.43 Å². The van der Waals surface area contributed by atoms with Crippen molar-refractivity contribution in [2.75, 3.05) is 0 Å². The smallest absolute Gasteiger partial charge is 0.193 e. The van der Waals surface area contributed by atoms with Crippen molar-refractivity contribution in [2.24, 2.45) is 0 Å². The summed E-state index contributed by atoms with van der Waals surface area (Å²) in [5.41, 5.74) is 2.41. The number of hydrogen-bond donors (Lipinski definition) is 0. The molecule has 0 bridgehead atoms. The zero-order chi connectivity index (χ0) is 16.9. The summed E-state index contributed by atoms with van der Waals surface area (Å²) in [6, 6.07) is 20.9. The number of benzene rings is 2. The third kappa shape index (κ3) is 4.92. The minimum atomic E-state index is -1.84. The molecule has 0 heterocycles. The molecule has 0 aromatic heterocycles. The van der Waals surface area contributed by atoms with Crippen LogP contribution in [-0.2, 0) is 4.43 Å². The Bertz CT molecular complexity index is 624. The molecule has 0 saturated heterocycles. The molecule has 0 unspecified atom stereocenters. The Labute approximate surface area is 142 Å². The van der Waals surface area contributed by atoms with E-state index >= 15 is 0 Å². The van der Waals surface area contributed by atoms with Gasteiger partial charge in [0.05, 0.1) is 6.10 Å². The Morgan fingerprint density at radius 1 is 0.870 bits per heavy atom. The summed E-state index contributed by atoms with van der Waals surface area (Å²) in [6.45, 7) is 11.4. The van der Waals surface area contributed by atoms with Gasteiger partial charge in [-0.3, -0.25) is 0 Å². The van der Waals surface area contributed by atoms with Crippen LogP contribution < -0.4 is 0 Å². The van der Waals surface area contributed by atoms with Crippen LogP contribution in [0.25, 0.3) is 6.08 Å². The molecular formula is C21H28OSi. The van der Waals surface area contributed by atoms with Crippen molar-refractivity contribution < 1.29 is 4.43 Å². The second kappa shape index (κ2) is 7.29. The maximum Gasteiger partial charge on any atom is 0.193 e. The second-order valence-electron chi connectivity index (χ2n) is 7.48. The zero-order valence-corrected chi connectivity index (χ0v) is 15.9. The van der Waals surface area contributed by atoms with Gasteiger partial charge in [0.25, 0.3) is 0 Å². The SMILES string of the molecule is CC(C)(C)[Si](C)(C)O[C@@H](/C=C/c1ccccc1)c1ccccc1. The first-order chi connectivity index (χ1) is 10.8. The van der Waals surface area contributed by atoms with Crippen LogP contribution >= 0.6 is 0 Å². The summed E-state index contributed by atoms with van der Waals surface area (Å²) >= 11 is 0. The lowest BCUT2D eigenvalue weighted by Crippen LogP contribution is -2.41. The third-order valence-corrected chi connectivity index (χ3v) is 9.07. The first-order valence-corrected chi connectivity index (χ1v) is 11.2. The molecule has 0 N–H and O–H groups in total. The molecule has 0 radical (unpaired) electrons. The Balaban J connectivity index is 2.28. The highest BCUT2D eigenvalue weighted by Gasteiger charge is 2.38. The zero-order valence-electron chi connectivity index (χ0n) is 14.9. The summed E-state index contributed by atoms with van der Waals surface area (Å²) < 4.78 is 6.66. The predicted octanol–water partition coefficient (Wildman–Crippen LogP) is 6.46. The molecule has 0 aliphatic carbocycles. The molecule has 0 spiro atoms. The van der Waals surface area contributed by atoms with Gasteiger partial charge in [-0.25, -0.2) is 0 Å². The van der Waals surface area contributed by atoms with Gasteiger partial charge in [0.2, 0.25) is 0 Å². The maximum absolute atomic E-state index is 6.66. The normalized spacial score (nSPS) is 14.1. The van der Waals surface area contributed by atoms with Gasteiger partial charge >= 0.3 is 0 Å². The summed E-state index contributed by atoms with van der Waals surface area (Å²) in [7, 11) is -1.84. The third-order valence-electron chi connectivity index (χ3n) is 4.62. The highest BCUT2D eigenvalue weighted by atomic mass is 28.4. The van der Waals surface area contributed by atoms with Crippen LogP contribution in [0.5, 0.6) is 0 Å². The standard InChI is InChI=1S/C21H28OSi/c1-21(2,3)23(4,5)22-20(19-14-10-7-11-15-19)17-16-18-12-8-6-9-13-18/h6-17,20H,1-5H3/b17-16+/t20-/m0/s1. The van der Waals surface area contributed by atoms with E-state index in [2.05, 4.69) is 94.5 Å². The fourth-order valence-electron chi connectivity index (χ4n) is 2.12. The van der Waals surface area contributed by atoms with Gasteiger partial charge in [0.15, 0.2) is 8.32 Å². The first kappa shape index (κ1) is 17.7. The van der Waals surface area contributed by atoms with Crippen molar-refractivity contribution in [3.05, 3.63) is 77.9 Å². The number of rotatable bonds is 5. The molecule has 122 valence electrons. The van der Waals surface area contributed by atoms with E-state index in [1.807, 2.05) is 12.1 Å². The van der Waals surface area contributed by atoms with E-state index in [0.717, 1.165) is 0 Å². The van der Waals surface area contributed by atoms with Gasteiger partial charge in [-0.1, -0.05) is 93.6 Å². The Hall–Kier alpha value is -1.64. The lowest BCUT2D eigenvalue weighted by molar-refractivity contribution is 0.230. The quantitative estimate of drug-likeness (QED) is 0.573. The van der Waals surface area contributed by atoms with Gasteiger partial charge in [-0.05, 0) is 29.3 Å². The average molecular weight is 325 g/mol. The molecule has 2 aromatic rings. The maximum atomic E-state index is 6.66. The van der Waals surface area contributed by atoms with Crippen LogP contribution in [0, 0.1) is 0 Å². The highest BCUT2D eigenvalue weighted by Crippen LogP contribution is 2.40. The van der Waals surface area contributed by atoms with Crippen molar-refractivity contribution in [1.29, 1.82) is 0 Å². The van der Waals surface area contributed by atoms with Crippen LogP contribution in [0.2, 0.25) is 18.1 Å². The van der Waals surface area contributed by atoms with Gasteiger partial charge in [0, 0.05) is 0 Å². The van der Waals surface area contributed by atoms with Gasteiger partial charge in [0.1, 0.15) is 0 Å². The Morgan fingerprint density at radius 2 is 1.39 bits per heavy atom. The van der Waals surface area contributed by atoms with E-state index in [9.17, 15) is 0 Å². The predicted molar refractivity (Wildman–Crippen MR) is 103 cm³/mol. The minimum Gasteiger partial charge on any atom is -0.407 e. The van der Waals surface area contributed by atoms with Crippen molar-refractivity contribution in [3.8, 4) is 0 Å². The second-order valence-corrected chi connectivity index (χ2v) is 12.2. The first-order valence-electron chi connectivity index (χ1n) is 8.26. The van der Waals surface area contributed by atoms with Crippen LogP contribution in [-0.4, -0.2) is 8.32 Å². The lowest BCUT2D eigenvalue weighted by Gasteiger charge is -2.38. The van der Waals surface area contributed by atoms with Crippen LogP contribution in [0.1, 0.15) is 38.0 Å². The largest absolute Gasteiger partial charge is 0.407 e. The monoisotopic (exact) mass is 324 g/mol. The molecule has 23 heavy (non-hydrogen) atoms. The molecule has 0 saturated carbocycles. The van der Waals surface area contributed by atoms with Crippen molar-refractivity contribution >= 4 is 14.4 Å². The molecule has 0 aliphatic heterocycles. The highest BCUT2D eigenvalue weighted by molar-refractivity contribution is 6.74. The van der Waals surface area contributed by atoms with E-state index in [1.54, 1.807) is 0 Å². The molecule has 2 rings (SSSR count). The fourth-order valence-corrected chi connectivity index (χ4v) is 3.32. The van der Waals surface area contributed by atoms with E-state index in [1.165, 1.54) is 11.1 Å². The van der Waals surface area contributed by atoms with E-state index < -0.39 is 8.32 Å².